The van der Waals surface area contributed by atoms with Gasteiger partial charge in [-0.25, -0.2) is 14.6 Å². The van der Waals surface area contributed by atoms with E-state index in [9.17, 15) is 14.9 Å². The van der Waals surface area contributed by atoms with Crippen LogP contribution in [0.15, 0.2) is 24.3 Å². The average molecular weight is 433 g/mol. The molecule has 168 valence electrons. The molecule has 1 aromatic rings. The number of esters is 1. The van der Waals surface area contributed by atoms with E-state index in [1.165, 1.54) is 24.3 Å². The van der Waals surface area contributed by atoms with E-state index in [1.807, 2.05) is 13.8 Å². The van der Waals surface area contributed by atoms with Crippen LogP contribution in [0.5, 0.6) is 0 Å². The van der Waals surface area contributed by atoms with Gasteiger partial charge in [0.2, 0.25) is 5.79 Å². The standard InChI is InChI=1S/C22H27NO8/c1-13-4-9-17-20(2,12-27-18(24)14-5-7-15(8-6-14)23(25)26)28-19-22(17)16(13)10-11-21(3,29-19)30-31-22/h5-8,13,16-17,19H,4,9-12H2,1-3H3/t13-,16+,17+,19-,20?,21-,22-/m1/s1. The lowest BCUT2D eigenvalue weighted by Gasteiger charge is -2.50. The molecule has 9 nitrogen and oxygen atoms in total. The van der Waals surface area contributed by atoms with Gasteiger partial charge < -0.3 is 14.2 Å². The molecule has 1 unspecified atom stereocenters. The second kappa shape index (κ2) is 6.96. The summed E-state index contributed by atoms with van der Waals surface area (Å²) in [7, 11) is 0. The topological polar surface area (TPSA) is 106 Å². The van der Waals surface area contributed by atoms with Crippen LogP contribution in [0, 0.1) is 27.9 Å². The summed E-state index contributed by atoms with van der Waals surface area (Å²) in [6.07, 6.45) is 2.95. The molecule has 0 amide bonds. The highest BCUT2D eigenvalue weighted by Crippen LogP contribution is 2.63. The molecule has 1 saturated carbocycles. The van der Waals surface area contributed by atoms with Gasteiger partial charge in [0, 0.05) is 24.5 Å². The van der Waals surface area contributed by atoms with Crippen LogP contribution in [-0.2, 0) is 24.0 Å². The van der Waals surface area contributed by atoms with Gasteiger partial charge in [-0.15, -0.1) is 0 Å². The van der Waals surface area contributed by atoms with Crippen molar-refractivity contribution in [2.75, 3.05) is 6.61 Å². The fourth-order valence-corrected chi connectivity index (χ4v) is 5.96. The zero-order valence-corrected chi connectivity index (χ0v) is 17.9. The van der Waals surface area contributed by atoms with Gasteiger partial charge in [-0.05, 0) is 57.1 Å². The van der Waals surface area contributed by atoms with Crippen LogP contribution in [0.3, 0.4) is 0 Å². The number of benzene rings is 1. The molecule has 0 aromatic heterocycles. The number of carbonyl (C=O) groups excluding carboxylic acids is 1. The summed E-state index contributed by atoms with van der Waals surface area (Å²) in [6, 6.07) is 5.35. The van der Waals surface area contributed by atoms with Crippen LogP contribution in [0.2, 0.25) is 0 Å². The molecule has 0 N–H and O–H groups in total. The maximum atomic E-state index is 12.6. The minimum absolute atomic E-state index is 0.0241. The van der Waals surface area contributed by atoms with Crippen molar-refractivity contribution >= 4 is 11.7 Å². The SMILES string of the molecule is C[C@@H]1CC[C@H]2C(C)(COC(=O)c3ccc([N+](=O)[O-])cc3)O[C@@H]3O[C@@]4(C)CC[C@@H]1[C@]32OO4. The summed E-state index contributed by atoms with van der Waals surface area (Å²) in [5, 5.41) is 10.8. The first-order valence-corrected chi connectivity index (χ1v) is 10.8. The largest absolute Gasteiger partial charge is 0.459 e. The first kappa shape index (κ1) is 20.8. The Morgan fingerprint density at radius 2 is 1.90 bits per heavy atom. The molecule has 1 aromatic carbocycles. The molecule has 4 saturated heterocycles. The van der Waals surface area contributed by atoms with Crippen LogP contribution in [0.25, 0.3) is 0 Å². The molecule has 0 radical (unpaired) electrons. The Balaban J connectivity index is 1.37. The van der Waals surface area contributed by atoms with Crippen molar-refractivity contribution in [1.29, 1.82) is 0 Å². The van der Waals surface area contributed by atoms with Gasteiger partial charge in [0.1, 0.15) is 12.2 Å². The monoisotopic (exact) mass is 433 g/mol. The molecule has 6 rings (SSSR count). The molecular weight excluding hydrogens is 406 g/mol. The van der Waals surface area contributed by atoms with Crippen molar-refractivity contribution in [1.82, 2.24) is 0 Å². The molecule has 9 heteroatoms. The fourth-order valence-electron chi connectivity index (χ4n) is 5.96. The van der Waals surface area contributed by atoms with Crippen molar-refractivity contribution in [2.45, 2.75) is 69.7 Å². The number of hydrogen-bond acceptors (Lipinski definition) is 8. The summed E-state index contributed by atoms with van der Waals surface area (Å²) in [6.45, 7) is 6.06. The second-order valence-electron chi connectivity index (χ2n) is 9.67. The highest BCUT2D eigenvalue weighted by Gasteiger charge is 2.74. The van der Waals surface area contributed by atoms with Gasteiger partial charge in [0.05, 0.1) is 10.5 Å². The maximum Gasteiger partial charge on any atom is 0.338 e. The maximum absolute atomic E-state index is 12.6. The average Bonchev–Trinajstić information content (AvgIpc) is 2.82. The van der Waals surface area contributed by atoms with Crippen molar-refractivity contribution in [3.05, 3.63) is 39.9 Å². The summed E-state index contributed by atoms with van der Waals surface area (Å²) in [4.78, 5) is 34.8. The van der Waals surface area contributed by atoms with E-state index in [-0.39, 0.29) is 29.7 Å². The fraction of sp³-hybridized carbons (Fsp3) is 0.682. The van der Waals surface area contributed by atoms with Gasteiger partial charge in [0.25, 0.3) is 5.69 Å². The van der Waals surface area contributed by atoms with Crippen molar-refractivity contribution in [3.8, 4) is 0 Å². The summed E-state index contributed by atoms with van der Waals surface area (Å²) < 4.78 is 18.3. The van der Waals surface area contributed by atoms with Gasteiger partial charge >= 0.3 is 5.97 Å². The number of nitrogens with zero attached hydrogens (tertiary/aromatic N) is 1. The summed E-state index contributed by atoms with van der Waals surface area (Å²) >= 11 is 0. The van der Waals surface area contributed by atoms with E-state index in [1.54, 1.807) is 0 Å². The van der Waals surface area contributed by atoms with E-state index >= 15 is 0 Å². The molecule has 4 heterocycles. The quantitative estimate of drug-likeness (QED) is 0.306. The third kappa shape index (κ3) is 3.09. The Hall–Kier alpha value is -2.07. The molecule has 1 aliphatic carbocycles. The molecular formula is C22H27NO8. The third-order valence-corrected chi connectivity index (χ3v) is 7.64. The van der Waals surface area contributed by atoms with E-state index < -0.39 is 34.2 Å². The Morgan fingerprint density at radius 3 is 2.61 bits per heavy atom. The number of ether oxygens (including phenoxy) is 3. The molecule has 31 heavy (non-hydrogen) atoms. The number of nitro benzene ring substituents is 1. The number of non-ortho nitro benzene ring substituents is 1. The smallest absolute Gasteiger partial charge is 0.338 e. The van der Waals surface area contributed by atoms with Gasteiger partial charge in [-0.1, -0.05) is 6.92 Å². The molecule has 1 spiro atoms. The normalized spacial score (nSPS) is 43.2. The minimum atomic E-state index is -0.849. The Kier molecular flexibility index (Phi) is 4.68. The van der Waals surface area contributed by atoms with Crippen molar-refractivity contribution in [2.24, 2.45) is 17.8 Å². The minimum Gasteiger partial charge on any atom is -0.459 e. The molecule has 5 aliphatic rings. The van der Waals surface area contributed by atoms with Crippen LogP contribution in [0.4, 0.5) is 5.69 Å². The van der Waals surface area contributed by atoms with Crippen LogP contribution < -0.4 is 0 Å². The predicted molar refractivity (Wildman–Crippen MR) is 106 cm³/mol. The number of carbonyl (C=O) groups is 1. The zero-order valence-electron chi connectivity index (χ0n) is 17.9. The number of rotatable bonds is 4. The van der Waals surface area contributed by atoms with Gasteiger partial charge in [-0.2, -0.15) is 0 Å². The highest BCUT2D eigenvalue weighted by molar-refractivity contribution is 5.89. The number of hydrogen-bond donors (Lipinski definition) is 0. The summed E-state index contributed by atoms with van der Waals surface area (Å²) in [5.74, 6) is -0.788. The molecule has 7 atom stereocenters. The number of nitro groups is 1. The van der Waals surface area contributed by atoms with E-state index in [0.29, 0.717) is 5.92 Å². The lowest BCUT2D eigenvalue weighted by molar-refractivity contribution is -0.541. The van der Waals surface area contributed by atoms with E-state index in [2.05, 4.69) is 6.92 Å². The van der Waals surface area contributed by atoms with Crippen molar-refractivity contribution in [3.63, 3.8) is 0 Å². The molecule has 5 fully saturated rings. The number of fused-ring (bicyclic) bond motifs is 2. The van der Waals surface area contributed by atoms with Crippen LogP contribution >= 0.6 is 0 Å². The second-order valence-corrected chi connectivity index (χ2v) is 9.67. The van der Waals surface area contributed by atoms with Gasteiger partial charge in [0.15, 0.2) is 11.9 Å². The Morgan fingerprint density at radius 1 is 1.16 bits per heavy atom. The van der Waals surface area contributed by atoms with E-state index in [0.717, 1.165) is 25.7 Å². The highest BCUT2D eigenvalue weighted by atomic mass is 17.3. The first-order valence-electron chi connectivity index (χ1n) is 10.8. The Labute approximate surface area is 180 Å². The molecule has 2 bridgehead atoms. The predicted octanol–water partition coefficient (Wildman–Crippen LogP) is 3.76. The van der Waals surface area contributed by atoms with Crippen molar-refractivity contribution < 1.29 is 33.7 Å². The summed E-state index contributed by atoms with van der Waals surface area (Å²) in [5.41, 5.74) is -1.35. The third-order valence-electron chi connectivity index (χ3n) is 7.64. The lowest BCUT2D eigenvalue weighted by atomic mass is 9.60. The first-order chi connectivity index (χ1) is 14.7. The van der Waals surface area contributed by atoms with E-state index in [4.69, 9.17) is 24.0 Å². The zero-order chi connectivity index (χ0) is 22.0. The lowest BCUT2D eigenvalue weighted by Crippen LogP contribution is -2.62. The van der Waals surface area contributed by atoms with Crippen LogP contribution in [-0.4, -0.2) is 40.8 Å². The van der Waals surface area contributed by atoms with Crippen LogP contribution in [0.1, 0.15) is 56.8 Å². The molecule has 4 aliphatic heterocycles. The Bertz CT molecular complexity index is 905. The van der Waals surface area contributed by atoms with Gasteiger partial charge in [-0.3, -0.25) is 10.1 Å².